The van der Waals surface area contributed by atoms with Gasteiger partial charge in [-0.3, -0.25) is 0 Å². The molecular weight excluding hydrogens is 230 g/mol. The Bertz CT molecular complexity index is 301. The molecule has 0 amide bonds. The number of nitrogens with one attached hydrogen (secondary N) is 2. The summed E-state index contributed by atoms with van der Waals surface area (Å²) in [6.45, 7) is 7.19. The van der Waals surface area contributed by atoms with E-state index >= 15 is 0 Å². The summed E-state index contributed by atoms with van der Waals surface area (Å²) >= 11 is 0. The minimum atomic E-state index is 0.519. The number of rotatable bonds is 7. The summed E-state index contributed by atoms with van der Waals surface area (Å²) in [5, 5.41) is 10.1. The fourth-order valence-electron chi connectivity index (χ4n) is 1.59. The minimum absolute atomic E-state index is 0.519. The Kier molecular flexibility index (Phi) is 6.49. The lowest BCUT2D eigenvalue weighted by atomic mass is 10.1. The SMILES string of the molecule is CCCCCOC1=NNN(NC)N=C1CC(C)C. The van der Waals surface area contributed by atoms with Crippen molar-refractivity contribution < 1.29 is 4.74 Å². The third kappa shape index (κ3) is 4.91. The smallest absolute Gasteiger partial charge is 0.256 e. The molecule has 6 nitrogen and oxygen atoms in total. The normalized spacial score (nSPS) is 15.3. The average molecular weight is 255 g/mol. The Labute approximate surface area is 109 Å². The van der Waals surface area contributed by atoms with Crippen molar-refractivity contribution in [3.05, 3.63) is 0 Å². The van der Waals surface area contributed by atoms with E-state index in [9.17, 15) is 0 Å². The molecule has 0 aromatic rings. The lowest BCUT2D eigenvalue weighted by Crippen LogP contribution is -2.45. The number of unbranched alkanes of at least 4 members (excludes halogenated alkanes) is 2. The molecule has 0 aromatic carbocycles. The summed E-state index contributed by atoms with van der Waals surface area (Å²) in [5.74, 6) is 1.14. The Balaban J connectivity index is 2.53. The maximum atomic E-state index is 5.69. The van der Waals surface area contributed by atoms with Crippen LogP contribution in [0.3, 0.4) is 0 Å². The zero-order chi connectivity index (χ0) is 13.4. The van der Waals surface area contributed by atoms with Crippen molar-refractivity contribution in [3.8, 4) is 0 Å². The van der Waals surface area contributed by atoms with Crippen LogP contribution in [0.5, 0.6) is 0 Å². The zero-order valence-electron chi connectivity index (χ0n) is 11.9. The number of hydrogen-bond donors (Lipinski definition) is 2. The lowest BCUT2D eigenvalue weighted by Gasteiger charge is -2.24. The van der Waals surface area contributed by atoms with Crippen molar-refractivity contribution in [2.24, 2.45) is 16.1 Å². The van der Waals surface area contributed by atoms with Gasteiger partial charge in [0.25, 0.3) is 5.90 Å². The van der Waals surface area contributed by atoms with Crippen LogP contribution in [0.1, 0.15) is 46.5 Å². The van der Waals surface area contributed by atoms with Crippen LogP contribution < -0.4 is 11.0 Å². The fourth-order valence-corrected chi connectivity index (χ4v) is 1.59. The van der Waals surface area contributed by atoms with Crippen LogP contribution in [0, 0.1) is 5.92 Å². The summed E-state index contributed by atoms with van der Waals surface area (Å²) < 4.78 is 5.69. The molecule has 0 fully saturated rings. The molecule has 18 heavy (non-hydrogen) atoms. The van der Waals surface area contributed by atoms with Crippen LogP contribution in [0.4, 0.5) is 0 Å². The molecule has 0 spiro atoms. The Morgan fingerprint density at radius 2 is 2.17 bits per heavy atom. The van der Waals surface area contributed by atoms with Gasteiger partial charge < -0.3 is 4.74 Å². The first kappa shape index (κ1) is 14.8. The van der Waals surface area contributed by atoms with Crippen molar-refractivity contribution in [3.63, 3.8) is 0 Å². The molecule has 0 aliphatic carbocycles. The second kappa shape index (κ2) is 7.92. The molecule has 1 aliphatic heterocycles. The van der Waals surface area contributed by atoms with Gasteiger partial charge >= 0.3 is 0 Å². The predicted octanol–water partition coefficient (Wildman–Crippen LogP) is 1.86. The van der Waals surface area contributed by atoms with Crippen LogP contribution in [0.15, 0.2) is 10.2 Å². The molecule has 104 valence electrons. The van der Waals surface area contributed by atoms with Gasteiger partial charge in [0.05, 0.1) is 6.61 Å². The van der Waals surface area contributed by atoms with E-state index in [0.29, 0.717) is 18.4 Å². The van der Waals surface area contributed by atoms with Crippen molar-refractivity contribution in [2.75, 3.05) is 13.7 Å². The molecule has 0 aromatic heterocycles. The van der Waals surface area contributed by atoms with E-state index in [-0.39, 0.29) is 0 Å². The van der Waals surface area contributed by atoms with E-state index in [2.05, 4.69) is 41.9 Å². The highest BCUT2D eigenvalue weighted by Gasteiger charge is 2.18. The minimum Gasteiger partial charge on any atom is -0.475 e. The number of hydrazine groups is 2. The first-order valence-electron chi connectivity index (χ1n) is 6.68. The van der Waals surface area contributed by atoms with Gasteiger partial charge in [0.2, 0.25) is 0 Å². The van der Waals surface area contributed by atoms with Crippen LogP contribution in [-0.2, 0) is 4.74 Å². The van der Waals surface area contributed by atoms with E-state index in [1.54, 1.807) is 7.05 Å². The molecule has 0 atom stereocenters. The van der Waals surface area contributed by atoms with Gasteiger partial charge in [0.15, 0.2) is 0 Å². The van der Waals surface area contributed by atoms with Crippen LogP contribution in [-0.4, -0.2) is 30.5 Å². The van der Waals surface area contributed by atoms with E-state index in [1.807, 2.05) is 0 Å². The molecule has 0 unspecified atom stereocenters. The predicted molar refractivity (Wildman–Crippen MR) is 73.8 cm³/mol. The highest BCUT2D eigenvalue weighted by molar-refractivity contribution is 6.39. The van der Waals surface area contributed by atoms with Gasteiger partial charge in [-0.1, -0.05) is 33.6 Å². The Morgan fingerprint density at radius 3 is 2.78 bits per heavy atom. The highest BCUT2D eigenvalue weighted by atomic mass is 16.5. The van der Waals surface area contributed by atoms with Crippen LogP contribution in [0.2, 0.25) is 0 Å². The monoisotopic (exact) mass is 255 g/mol. The maximum Gasteiger partial charge on any atom is 0.256 e. The Morgan fingerprint density at radius 1 is 1.39 bits per heavy atom. The largest absolute Gasteiger partial charge is 0.475 e. The number of hydrazone groups is 2. The van der Waals surface area contributed by atoms with Gasteiger partial charge in [0, 0.05) is 7.05 Å². The summed E-state index contributed by atoms with van der Waals surface area (Å²) in [6.07, 6.45) is 4.28. The Hall–Kier alpha value is -1.30. The van der Waals surface area contributed by atoms with Gasteiger partial charge in [-0.2, -0.15) is 11.0 Å². The quantitative estimate of drug-likeness (QED) is 0.682. The number of ether oxygens (including phenoxy) is 1. The number of nitrogens with zero attached hydrogens (tertiary/aromatic N) is 3. The zero-order valence-corrected chi connectivity index (χ0v) is 11.9. The van der Waals surface area contributed by atoms with Gasteiger partial charge in [0.1, 0.15) is 5.71 Å². The van der Waals surface area contributed by atoms with Gasteiger partial charge in [-0.15, -0.1) is 15.4 Å². The third-order valence-corrected chi connectivity index (χ3v) is 2.51. The molecule has 1 aliphatic rings. The van der Waals surface area contributed by atoms with Crippen molar-refractivity contribution >= 4 is 11.6 Å². The summed E-state index contributed by atoms with van der Waals surface area (Å²) in [4.78, 5) is 0. The van der Waals surface area contributed by atoms with Gasteiger partial charge in [-0.05, 0) is 18.8 Å². The molecule has 0 bridgehead atoms. The van der Waals surface area contributed by atoms with E-state index in [1.165, 1.54) is 18.1 Å². The van der Waals surface area contributed by atoms with Crippen LogP contribution in [0.25, 0.3) is 0 Å². The second-order valence-corrected chi connectivity index (χ2v) is 4.75. The van der Waals surface area contributed by atoms with Crippen LogP contribution >= 0.6 is 0 Å². The molecule has 1 rings (SSSR count). The maximum absolute atomic E-state index is 5.69. The second-order valence-electron chi connectivity index (χ2n) is 4.75. The highest BCUT2D eigenvalue weighted by Crippen LogP contribution is 2.08. The first-order chi connectivity index (χ1) is 8.67. The molecule has 0 saturated heterocycles. The number of hydrogen-bond acceptors (Lipinski definition) is 6. The summed E-state index contributed by atoms with van der Waals surface area (Å²) in [7, 11) is 1.78. The average Bonchev–Trinajstić information content (AvgIpc) is 2.35. The molecule has 0 saturated carbocycles. The van der Waals surface area contributed by atoms with Gasteiger partial charge in [-0.25, -0.2) is 0 Å². The van der Waals surface area contributed by atoms with Crippen molar-refractivity contribution in [1.29, 1.82) is 0 Å². The van der Waals surface area contributed by atoms with Crippen molar-refractivity contribution in [2.45, 2.75) is 46.5 Å². The van der Waals surface area contributed by atoms with E-state index in [0.717, 1.165) is 18.6 Å². The standard InChI is InChI=1S/C12H25N5O/c1-5-6-7-8-18-12-11(9-10(2)3)15-17(13-4)16-14-12/h10,13,16H,5-9H2,1-4H3. The molecule has 1 heterocycles. The fraction of sp³-hybridized carbons (Fsp3) is 0.833. The summed E-state index contributed by atoms with van der Waals surface area (Å²) in [6, 6.07) is 0. The molecule has 2 N–H and O–H groups in total. The topological polar surface area (TPSA) is 61.2 Å². The molecule has 0 radical (unpaired) electrons. The van der Waals surface area contributed by atoms with Crippen molar-refractivity contribution in [1.82, 2.24) is 16.2 Å². The third-order valence-electron chi connectivity index (χ3n) is 2.51. The lowest BCUT2D eigenvalue weighted by molar-refractivity contribution is 0.129. The van der Waals surface area contributed by atoms with E-state index < -0.39 is 0 Å². The first-order valence-corrected chi connectivity index (χ1v) is 6.68. The van der Waals surface area contributed by atoms with E-state index in [4.69, 9.17) is 4.74 Å². The summed E-state index contributed by atoms with van der Waals surface area (Å²) in [5.41, 5.74) is 6.52. The molecule has 6 heteroatoms. The molecular formula is C12H25N5O.